The first kappa shape index (κ1) is 15.0. The molecule has 1 fully saturated rings. The van der Waals surface area contributed by atoms with Crippen molar-refractivity contribution in [2.24, 2.45) is 5.41 Å². The van der Waals surface area contributed by atoms with Gasteiger partial charge in [0.05, 0.1) is 17.8 Å². The largest absolute Gasteiger partial charge is 0.390 e. The highest BCUT2D eigenvalue weighted by atomic mass is 16.5. The minimum absolute atomic E-state index is 0.123. The van der Waals surface area contributed by atoms with Crippen LogP contribution < -0.4 is 0 Å². The van der Waals surface area contributed by atoms with Crippen molar-refractivity contribution in [3.05, 3.63) is 11.6 Å². The molecule has 2 N–H and O–H groups in total. The summed E-state index contributed by atoms with van der Waals surface area (Å²) in [5.74, 6) is 0. The van der Waals surface area contributed by atoms with Crippen molar-refractivity contribution >= 4 is 0 Å². The quantitative estimate of drug-likeness (QED) is 0.719. The Hall–Kier alpha value is -0.380. The molecule has 0 radical (unpaired) electrons. The van der Waals surface area contributed by atoms with Gasteiger partial charge in [0.25, 0.3) is 0 Å². The molecule has 3 heteroatoms. The molecule has 0 amide bonds. The third-order valence-corrected chi connectivity index (χ3v) is 4.61. The molecule has 1 saturated carbocycles. The number of rotatable bonds is 1. The Bertz CT molecular complexity index is 378. The second-order valence-corrected chi connectivity index (χ2v) is 7.64. The highest BCUT2D eigenvalue weighted by Crippen LogP contribution is 2.51. The maximum Gasteiger partial charge on any atom is 0.106 e. The molecule has 2 unspecified atom stereocenters. The Labute approximate surface area is 116 Å². The molecule has 4 atom stereocenters. The highest BCUT2D eigenvalue weighted by molar-refractivity contribution is 5.28. The summed E-state index contributed by atoms with van der Waals surface area (Å²) >= 11 is 0. The molecule has 0 aromatic heterocycles. The molecule has 2 aliphatic carbocycles. The Morgan fingerprint density at radius 1 is 1.32 bits per heavy atom. The van der Waals surface area contributed by atoms with Gasteiger partial charge in [-0.25, -0.2) is 0 Å². The van der Waals surface area contributed by atoms with Crippen molar-refractivity contribution in [1.29, 1.82) is 0 Å². The molecule has 0 spiro atoms. The smallest absolute Gasteiger partial charge is 0.106 e. The summed E-state index contributed by atoms with van der Waals surface area (Å²) in [6.07, 6.45) is 4.98. The van der Waals surface area contributed by atoms with Crippen LogP contribution in [0.4, 0.5) is 0 Å². The average molecular weight is 268 g/mol. The van der Waals surface area contributed by atoms with Crippen molar-refractivity contribution in [1.82, 2.24) is 0 Å². The summed E-state index contributed by atoms with van der Waals surface area (Å²) in [6.45, 7) is 10.1. The van der Waals surface area contributed by atoms with Gasteiger partial charge in [0, 0.05) is 5.41 Å². The van der Waals surface area contributed by atoms with Crippen LogP contribution in [0.25, 0.3) is 0 Å². The fraction of sp³-hybridized carbons (Fsp3) is 0.875. The van der Waals surface area contributed by atoms with E-state index in [0.29, 0.717) is 6.42 Å². The van der Waals surface area contributed by atoms with Crippen LogP contribution in [0, 0.1) is 5.41 Å². The molecule has 0 saturated heterocycles. The topological polar surface area (TPSA) is 49.7 Å². The molecule has 2 aliphatic rings. The number of hydrogen-bond donors (Lipinski definition) is 2. The zero-order chi connectivity index (χ0) is 14.5. The molecule has 0 aliphatic heterocycles. The van der Waals surface area contributed by atoms with Gasteiger partial charge in [-0.2, -0.15) is 0 Å². The summed E-state index contributed by atoms with van der Waals surface area (Å²) in [4.78, 5) is 0. The monoisotopic (exact) mass is 268 g/mol. The minimum Gasteiger partial charge on any atom is -0.390 e. The average Bonchev–Trinajstić information content (AvgIpc) is 2.20. The Morgan fingerprint density at radius 2 is 1.95 bits per heavy atom. The first-order chi connectivity index (χ1) is 8.55. The zero-order valence-corrected chi connectivity index (χ0v) is 12.9. The van der Waals surface area contributed by atoms with Crippen LogP contribution in [-0.2, 0) is 4.74 Å². The van der Waals surface area contributed by atoms with E-state index in [0.717, 1.165) is 19.3 Å². The number of ether oxygens (including phenoxy) is 1. The van der Waals surface area contributed by atoms with Gasteiger partial charge in [0.15, 0.2) is 0 Å². The molecule has 0 aromatic carbocycles. The number of fused-ring (bicyclic) bond motifs is 1. The SMILES string of the molecule is CC(C)(C)O[C@H]1CCCC2=CC(C)(O)C(O)C[C@@]21C. The Kier molecular flexibility index (Phi) is 3.62. The Morgan fingerprint density at radius 3 is 2.53 bits per heavy atom. The number of aliphatic hydroxyl groups excluding tert-OH is 1. The van der Waals surface area contributed by atoms with E-state index in [1.165, 1.54) is 5.57 Å². The molecule has 0 heterocycles. The summed E-state index contributed by atoms with van der Waals surface area (Å²) in [7, 11) is 0. The third kappa shape index (κ3) is 2.88. The van der Waals surface area contributed by atoms with Crippen LogP contribution in [-0.4, -0.2) is 33.6 Å². The molecule has 0 bridgehead atoms. The van der Waals surface area contributed by atoms with Gasteiger partial charge in [-0.05, 0) is 53.4 Å². The van der Waals surface area contributed by atoms with Crippen molar-refractivity contribution in [3.63, 3.8) is 0 Å². The maximum absolute atomic E-state index is 10.2. The van der Waals surface area contributed by atoms with Gasteiger partial charge in [0.2, 0.25) is 0 Å². The molecular weight excluding hydrogens is 240 g/mol. The molecule has 19 heavy (non-hydrogen) atoms. The normalized spacial score (nSPS) is 43.6. The van der Waals surface area contributed by atoms with Crippen LogP contribution >= 0.6 is 0 Å². The summed E-state index contributed by atoms with van der Waals surface area (Å²) in [5, 5.41) is 20.5. The lowest BCUT2D eigenvalue weighted by molar-refractivity contribution is -0.142. The van der Waals surface area contributed by atoms with Crippen molar-refractivity contribution in [2.45, 2.75) is 83.7 Å². The van der Waals surface area contributed by atoms with Gasteiger partial charge < -0.3 is 14.9 Å². The summed E-state index contributed by atoms with van der Waals surface area (Å²) in [6, 6.07) is 0. The molecule has 0 aromatic rings. The first-order valence-electron chi connectivity index (χ1n) is 7.35. The lowest BCUT2D eigenvalue weighted by atomic mass is 9.61. The van der Waals surface area contributed by atoms with Gasteiger partial charge >= 0.3 is 0 Å². The van der Waals surface area contributed by atoms with Crippen molar-refractivity contribution in [3.8, 4) is 0 Å². The fourth-order valence-corrected chi connectivity index (χ4v) is 3.46. The van der Waals surface area contributed by atoms with Gasteiger partial charge in [-0.15, -0.1) is 0 Å². The summed E-state index contributed by atoms with van der Waals surface area (Å²) in [5.41, 5.74) is -0.171. The van der Waals surface area contributed by atoms with E-state index >= 15 is 0 Å². The molecule has 110 valence electrons. The van der Waals surface area contributed by atoms with Crippen LogP contribution in [0.15, 0.2) is 11.6 Å². The van der Waals surface area contributed by atoms with E-state index in [-0.39, 0.29) is 17.1 Å². The standard InChI is InChI=1S/C16H28O3/c1-14(2,3)19-13-8-6-7-11-9-16(5,18)12(17)10-15(11,13)4/h9,12-13,17-18H,6-8,10H2,1-5H3/t12?,13-,15-,16?/m0/s1. The van der Waals surface area contributed by atoms with E-state index in [4.69, 9.17) is 4.74 Å². The van der Waals surface area contributed by atoms with E-state index in [1.807, 2.05) is 6.08 Å². The van der Waals surface area contributed by atoms with Crippen LogP contribution in [0.1, 0.15) is 60.3 Å². The van der Waals surface area contributed by atoms with Crippen molar-refractivity contribution < 1.29 is 14.9 Å². The van der Waals surface area contributed by atoms with Crippen LogP contribution in [0.3, 0.4) is 0 Å². The predicted molar refractivity (Wildman–Crippen MR) is 75.9 cm³/mol. The van der Waals surface area contributed by atoms with E-state index in [1.54, 1.807) is 6.92 Å². The lowest BCUT2D eigenvalue weighted by Gasteiger charge is -2.51. The van der Waals surface area contributed by atoms with E-state index < -0.39 is 11.7 Å². The summed E-state index contributed by atoms with van der Waals surface area (Å²) < 4.78 is 6.23. The van der Waals surface area contributed by atoms with Gasteiger partial charge in [0.1, 0.15) is 5.60 Å². The van der Waals surface area contributed by atoms with Crippen LogP contribution in [0.2, 0.25) is 0 Å². The number of hydrogen-bond acceptors (Lipinski definition) is 3. The van der Waals surface area contributed by atoms with E-state index in [2.05, 4.69) is 27.7 Å². The first-order valence-corrected chi connectivity index (χ1v) is 7.35. The maximum atomic E-state index is 10.2. The van der Waals surface area contributed by atoms with Gasteiger partial charge in [-0.3, -0.25) is 0 Å². The lowest BCUT2D eigenvalue weighted by Crippen LogP contribution is -2.53. The Balaban J connectivity index is 2.32. The second kappa shape index (κ2) is 4.57. The predicted octanol–water partition coefficient (Wildman–Crippen LogP) is 2.80. The highest BCUT2D eigenvalue weighted by Gasteiger charge is 2.50. The zero-order valence-electron chi connectivity index (χ0n) is 12.9. The van der Waals surface area contributed by atoms with E-state index in [9.17, 15) is 10.2 Å². The van der Waals surface area contributed by atoms with Gasteiger partial charge in [-0.1, -0.05) is 18.6 Å². The van der Waals surface area contributed by atoms with Crippen molar-refractivity contribution in [2.75, 3.05) is 0 Å². The second-order valence-electron chi connectivity index (χ2n) is 7.64. The molecule has 3 nitrogen and oxygen atoms in total. The minimum atomic E-state index is -1.10. The third-order valence-electron chi connectivity index (χ3n) is 4.61. The number of aliphatic hydroxyl groups is 2. The fourth-order valence-electron chi connectivity index (χ4n) is 3.46. The van der Waals surface area contributed by atoms with Crippen LogP contribution in [0.5, 0.6) is 0 Å². The molecule has 2 rings (SSSR count). The molecular formula is C16H28O3.